The molecule has 0 rings (SSSR count). The second-order valence-corrected chi connectivity index (χ2v) is 2.22. The average Bonchev–Trinajstić information content (AvgIpc) is 1.83. The summed E-state index contributed by atoms with van der Waals surface area (Å²) >= 11 is 0. The molecular formula is C8H16. The van der Waals surface area contributed by atoms with Crippen molar-refractivity contribution in [2.45, 2.75) is 33.6 Å². The van der Waals surface area contributed by atoms with Crippen molar-refractivity contribution in [1.29, 1.82) is 0 Å². The highest BCUT2D eigenvalue weighted by atomic mass is 13.9. The summed E-state index contributed by atoms with van der Waals surface area (Å²) < 4.78 is 0. The minimum Gasteiger partial charge on any atom is -0.0885 e. The molecule has 8 heavy (non-hydrogen) atoms. The van der Waals surface area contributed by atoms with E-state index in [1.54, 1.807) is 0 Å². The van der Waals surface area contributed by atoms with Gasteiger partial charge < -0.3 is 0 Å². The van der Waals surface area contributed by atoms with Gasteiger partial charge in [0.25, 0.3) is 0 Å². The van der Waals surface area contributed by atoms with Crippen LogP contribution in [0.15, 0.2) is 12.2 Å². The summed E-state index contributed by atoms with van der Waals surface area (Å²) in [5, 5.41) is 0. The van der Waals surface area contributed by atoms with E-state index in [2.05, 4.69) is 32.9 Å². The normalized spacial score (nSPS) is 14.9. The summed E-state index contributed by atoms with van der Waals surface area (Å²) in [6.07, 6.45) is 6.94. The summed E-state index contributed by atoms with van der Waals surface area (Å²) in [5.74, 6) is 0.773. The molecule has 0 aromatic heterocycles. The van der Waals surface area contributed by atoms with Gasteiger partial charge in [-0.25, -0.2) is 0 Å². The lowest BCUT2D eigenvalue weighted by Gasteiger charge is -1.96. The third-order valence-electron chi connectivity index (χ3n) is 1.34. The van der Waals surface area contributed by atoms with Crippen LogP contribution in [0.3, 0.4) is 0 Å². The Kier molecular flexibility index (Phi) is 4.73. The Morgan fingerprint density at radius 2 is 2.00 bits per heavy atom. The highest BCUT2D eigenvalue weighted by Crippen LogP contribution is 2.01. The first-order valence-electron chi connectivity index (χ1n) is 3.47. The predicted molar refractivity (Wildman–Crippen MR) is 38.9 cm³/mol. The van der Waals surface area contributed by atoms with Crippen LogP contribution in [0.25, 0.3) is 0 Å². The first-order valence-corrected chi connectivity index (χ1v) is 3.47. The van der Waals surface area contributed by atoms with E-state index in [0.717, 1.165) is 5.92 Å². The van der Waals surface area contributed by atoms with Crippen molar-refractivity contribution >= 4 is 0 Å². The van der Waals surface area contributed by atoms with Gasteiger partial charge in [0.05, 0.1) is 0 Å². The van der Waals surface area contributed by atoms with Crippen LogP contribution >= 0.6 is 0 Å². The van der Waals surface area contributed by atoms with Crippen LogP contribution < -0.4 is 0 Å². The Balaban J connectivity index is 3.21. The Morgan fingerprint density at radius 1 is 1.38 bits per heavy atom. The van der Waals surface area contributed by atoms with Crippen LogP contribution in [0.1, 0.15) is 33.6 Å². The Labute approximate surface area is 52.6 Å². The quantitative estimate of drug-likeness (QED) is 0.492. The molecule has 0 saturated carbocycles. The molecule has 0 heteroatoms. The maximum absolute atomic E-state index is 2.28. The molecule has 0 radical (unpaired) electrons. The highest BCUT2D eigenvalue weighted by molar-refractivity contribution is 4.84. The van der Waals surface area contributed by atoms with Crippen molar-refractivity contribution in [3.8, 4) is 0 Å². The Hall–Kier alpha value is -0.260. The van der Waals surface area contributed by atoms with Crippen LogP contribution in [0, 0.1) is 5.92 Å². The zero-order chi connectivity index (χ0) is 6.41. The van der Waals surface area contributed by atoms with Crippen LogP contribution in [0.4, 0.5) is 0 Å². The molecular weight excluding hydrogens is 96.1 g/mol. The molecule has 0 aromatic rings. The highest BCUT2D eigenvalue weighted by Gasteiger charge is 1.87. The Bertz CT molecular complexity index is 62.4. The topological polar surface area (TPSA) is 0 Å². The van der Waals surface area contributed by atoms with E-state index in [1.165, 1.54) is 12.8 Å². The molecule has 0 aliphatic heterocycles. The molecule has 0 nitrogen and oxygen atoms in total. The van der Waals surface area contributed by atoms with Gasteiger partial charge in [-0.3, -0.25) is 0 Å². The number of allylic oxidation sites excluding steroid dienone is 2. The Morgan fingerprint density at radius 3 is 2.38 bits per heavy atom. The first-order chi connectivity index (χ1) is 3.81. The summed E-state index contributed by atoms with van der Waals surface area (Å²) in [4.78, 5) is 0. The van der Waals surface area contributed by atoms with E-state index < -0.39 is 0 Å². The van der Waals surface area contributed by atoms with Gasteiger partial charge in [0.15, 0.2) is 0 Å². The van der Waals surface area contributed by atoms with Gasteiger partial charge in [-0.05, 0) is 12.3 Å². The minimum absolute atomic E-state index is 0.773. The SMILES string of the molecule is CC/C=C/C(C)CC. The van der Waals surface area contributed by atoms with E-state index in [-0.39, 0.29) is 0 Å². The molecule has 0 aliphatic rings. The fourth-order valence-electron chi connectivity index (χ4n) is 0.504. The van der Waals surface area contributed by atoms with E-state index in [4.69, 9.17) is 0 Å². The lowest BCUT2D eigenvalue weighted by Crippen LogP contribution is -1.82. The van der Waals surface area contributed by atoms with Gasteiger partial charge >= 0.3 is 0 Å². The van der Waals surface area contributed by atoms with E-state index in [9.17, 15) is 0 Å². The monoisotopic (exact) mass is 112 g/mol. The summed E-state index contributed by atoms with van der Waals surface area (Å²) in [7, 11) is 0. The van der Waals surface area contributed by atoms with E-state index >= 15 is 0 Å². The number of hydrogen-bond acceptors (Lipinski definition) is 0. The summed E-state index contributed by atoms with van der Waals surface area (Å²) in [5.41, 5.74) is 0. The van der Waals surface area contributed by atoms with Gasteiger partial charge in [0, 0.05) is 0 Å². The second kappa shape index (κ2) is 4.89. The number of rotatable bonds is 3. The van der Waals surface area contributed by atoms with Gasteiger partial charge in [-0.2, -0.15) is 0 Å². The van der Waals surface area contributed by atoms with Crippen LogP contribution in [-0.2, 0) is 0 Å². The molecule has 0 amide bonds. The predicted octanol–water partition coefficient (Wildman–Crippen LogP) is 3.00. The largest absolute Gasteiger partial charge is 0.0885 e. The molecule has 48 valence electrons. The lowest BCUT2D eigenvalue weighted by molar-refractivity contribution is 0.695. The molecule has 0 fully saturated rings. The summed E-state index contributed by atoms with van der Waals surface area (Å²) in [6, 6.07) is 0. The molecule has 0 aromatic carbocycles. The van der Waals surface area contributed by atoms with Crippen LogP contribution in [0.5, 0.6) is 0 Å². The molecule has 0 spiro atoms. The maximum atomic E-state index is 2.28. The molecule has 0 aliphatic carbocycles. The fourth-order valence-corrected chi connectivity index (χ4v) is 0.504. The minimum atomic E-state index is 0.773. The van der Waals surface area contributed by atoms with Gasteiger partial charge in [-0.15, -0.1) is 0 Å². The van der Waals surface area contributed by atoms with Crippen molar-refractivity contribution in [3.05, 3.63) is 12.2 Å². The molecule has 0 N–H and O–H groups in total. The van der Waals surface area contributed by atoms with Gasteiger partial charge in [0.2, 0.25) is 0 Å². The molecule has 0 heterocycles. The van der Waals surface area contributed by atoms with Crippen molar-refractivity contribution in [2.75, 3.05) is 0 Å². The maximum Gasteiger partial charge on any atom is -0.0265 e. The molecule has 0 bridgehead atoms. The zero-order valence-electron chi connectivity index (χ0n) is 6.15. The van der Waals surface area contributed by atoms with Crippen molar-refractivity contribution < 1.29 is 0 Å². The average molecular weight is 112 g/mol. The van der Waals surface area contributed by atoms with Crippen molar-refractivity contribution in [3.63, 3.8) is 0 Å². The van der Waals surface area contributed by atoms with Crippen molar-refractivity contribution in [2.24, 2.45) is 5.92 Å². The van der Waals surface area contributed by atoms with E-state index in [0.29, 0.717) is 0 Å². The molecule has 1 unspecified atom stereocenters. The van der Waals surface area contributed by atoms with Crippen LogP contribution in [-0.4, -0.2) is 0 Å². The van der Waals surface area contributed by atoms with Gasteiger partial charge in [0.1, 0.15) is 0 Å². The lowest BCUT2D eigenvalue weighted by atomic mass is 10.1. The molecule has 1 atom stereocenters. The van der Waals surface area contributed by atoms with E-state index in [1.807, 2.05) is 0 Å². The summed E-state index contributed by atoms with van der Waals surface area (Å²) in [6.45, 7) is 6.62. The first kappa shape index (κ1) is 7.74. The second-order valence-electron chi connectivity index (χ2n) is 2.22. The third-order valence-corrected chi connectivity index (χ3v) is 1.34. The zero-order valence-corrected chi connectivity index (χ0v) is 6.15. The standard InChI is InChI=1S/C8H16/c1-4-6-7-8(3)5-2/h6-8H,4-5H2,1-3H3/b7-6+. The fraction of sp³-hybridized carbons (Fsp3) is 0.750. The molecule has 0 saturated heterocycles. The van der Waals surface area contributed by atoms with Crippen LogP contribution in [0.2, 0.25) is 0 Å². The third kappa shape index (κ3) is 3.91. The smallest absolute Gasteiger partial charge is 0.0265 e. The number of hydrogen-bond donors (Lipinski definition) is 0. The van der Waals surface area contributed by atoms with Gasteiger partial charge in [-0.1, -0.05) is 39.3 Å². The van der Waals surface area contributed by atoms with Crippen molar-refractivity contribution in [1.82, 2.24) is 0 Å².